The maximum atomic E-state index is 12.3. The summed E-state index contributed by atoms with van der Waals surface area (Å²) in [5, 5.41) is 7.13. The lowest BCUT2D eigenvalue weighted by Gasteiger charge is -2.15. The van der Waals surface area contributed by atoms with Gasteiger partial charge in [-0.15, -0.1) is 0 Å². The molecule has 0 spiro atoms. The summed E-state index contributed by atoms with van der Waals surface area (Å²) in [7, 11) is 2.94. The molecular weight excluding hydrogens is 344 g/mol. The van der Waals surface area contributed by atoms with E-state index in [9.17, 15) is 9.59 Å². The molecule has 27 heavy (non-hydrogen) atoms. The van der Waals surface area contributed by atoms with Crippen LogP contribution in [0.4, 0.5) is 16.2 Å². The Morgan fingerprint density at radius 2 is 1.81 bits per heavy atom. The number of hydrogen-bond acceptors (Lipinski definition) is 4. The lowest BCUT2D eigenvalue weighted by Crippen LogP contribution is -2.25. The zero-order valence-electron chi connectivity index (χ0n) is 15.1. The van der Waals surface area contributed by atoms with Gasteiger partial charge in [-0.2, -0.15) is 5.10 Å². The second kappa shape index (κ2) is 8.18. The molecule has 0 fully saturated rings. The van der Waals surface area contributed by atoms with Crippen molar-refractivity contribution in [1.82, 2.24) is 9.78 Å². The molecule has 0 radical (unpaired) electrons. The summed E-state index contributed by atoms with van der Waals surface area (Å²) in [6, 6.07) is 16.7. The van der Waals surface area contributed by atoms with Crippen LogP contribution in [-0.2, 0) is 16.0 Å². The Morgan fingerprint density at radius 3 is 2.48 bits per heavy atom. The number of nitrogens with zero attached hydrogens (tertiary/aromatic N) is 3. The fourth-order valence-corrected chi connectivity index (χ4v) is 2.57. The van der Waals surface area contributed by atoms with Crippen LogP contribution in [0.5, 0.6) is 0 Å². The Hall–Kier alpha value is -3.61. The molecule has 0 aliphatic carbocycles. The van der Waals surface area contributed by atoms with Gasteiger partial charge >= 0.3 is 6.09 Å². The SMILES string of the molecule is COC(=O)N(C)c1ccc(NC(=O)Cc2cnn(-c3ccccc3)c2)cc1. The van der Waals surface area contributed by atoms with E-state index in [-0.39, 0.29) is 12.3 Å². The van der Waals surface area contributed by atoms with Gasteiger partial charge in [0.05, 0.1) is 25.4 Å². The quantitative estimate of drug-likeness (QED) is 0.754. The van der Waals surface area contributed by atoms with Gasteiger partial charge in [0.15, 0.2) is 0 Å². The Bertz CT molecular complexity index is 920. The third-order valence-corrected chi connectivity index (χ3v) is 4.01. The molecule has 138 valence electrons. The highest BCUT2D eigenvalue weighted by Gasteiger charge is 2.11. The van der Waals surface area contributed by atoms with Crippen molar-refractivity contribution in [2.24, 2.45) is 0 Å². The number of rotatable bonds is 5. The van der Waals surface area contributed by atoms with E-state index in [4.69, 9.17) is 0 Å². The summed E-state index contributed by atoms with van der Waals surface area (Å²) in [5.41, 5.74) is 3.08. The van der Waals surface area contributed by atoms with Crippen LogP contribution in [0.25, 0.3) is 5.69 Å². The largest absolute Gasteiger partial charge is 0.452 e. The van der Waals surface area contributed by atoms with Crippen LogP contribution in [0, 0.1) is 0 Å². The van der Waals surface area contributed by atoms with E-state index in [2.05, 4.69) is 15.2 Å². The topological polar surface area (TPSA) is 76.5 Å². The van der Waals surface area contributed by atoms with Crippen LogP contribution in [0.3, 0.4) is 0 Å². The second-order valence-electron chi connectivity index (χ2n) is 5.93. The maximum Gasteiger partial charge on any atom is 0.413 e. The summed E-state index contributed by atoms with van der Waals surface area (Å²) in [6.45, 7) is 0. The molecule has 7 nitrogen and oxygen atoms in total. The smallest absolute Gasteiger partial charge is 0.413 e. The molecule has 7 heteroatoms. The van der Waals surface area contributed by atoms with Gasteiger partial charge in [0.2, 0.25) is 5.91 Å². The van der Waals surface area contributed by atoms with E-state index in [0.717, 1.165) is 11.3 Å². The molecule has 0 aliphatic heterocycles. The van der Waals surface area contributed by atoms with Crippen LogP contribution in [0.2, 0.25) is 0 Å². The first-order chi connectivity index (χ1) is 13.1. The van der Waals surface area contributed by atoms with Crippen molar-refractivity contribution in [2.45, 2.75) is 6.42 Å². The first-order valence-electron chi connectivity index (χ1n) is 8.37. The number of amides is 2. The number of carbonyl (C=O) groups excluding carboxylic acids is 2. The van der Waals surface area contributed by atoms with E-state index >= 15 is 0 Å². The average Bonchev–Trinajstić information content (AvgIpc) is 3.16. The van der Waals surface area contributed by atoms with Crippen molar-refractivity contribution in [3.8, 4) is 5.69 Å². The van der Waals surface area contributed by atoms with Gasteiger partial charge in [-0.25, -0.2) is 9.48 Å². The molecule has 2 amide bonds. The second-order valence-corrected chi connectivity index (χ2v) is 5.93. The van der Waals surface area contributed by atoms with Crippen molar-refractivity contribution < 1.29 is 14.3 Å². The number of aromatic nitrogens is 2. The number of para-hydroxylation sites is 1. The zero-order valence-corrected chi connectivity index (χ0v) is 15.1. The number of anilines is 2. The first kappa shape index (κ1) is 18.2. The highest BCUT2D eigenvalue weighted by atomic mass is 16.5. The van der Waals surface area contributed by atoms with Crippen LogP contribution in [0.1, 0.15) is 5.56 Å². The lowest BCUT2D eigenvalue weighted by molar-refractivity contribution is -0.115. The maximum absolute atomic E-state index is 12.3. The van der Waals surface area contributed by atoms with Gasteiger partial charge in [0.1, 0.15) is 0 Å². The van der Waals surface area contributed by atoms with Crippen molar-refractivity contribution in [2.75, 3.05) is 24.4 Å². The van der Waals surface area contributed by atoms with Gasteiger partial charge in [0, 0.05) is 24.6 Å². The van der Waals surface area contributed by atoms with Crippen molar-refractivity contribution in [3.63, 3.8) is 0 Å². The van der Waals surface area contributed by atoms with Gasteiger partial charge in [0.25, 0.3) is 0 Å². The molecule has 1 heterocycles. The summed E-state index contributed by atoms with van der Waals surface area (Å²) in [5.74, 6) is -0.142. The normalized spacial score (nSPS) is 10.3. The Morgan fingerprint density at radius 1 is 1.11 bits per heavy atom. The van der Waals surface area contributed by atoms with Crippen molar-refractivity contribution in [3.05, 3.63) is 72.6 Å². The standard InChI is InChI=1S/C20H20N4O3/c1-23(20(26)27-2)17-10-8-16(9-11-17)22-19(25)12-15-13-21-24(14-15)18-6-4-3-5-7-18/h3-11,13-14H,12H2,1-2H3,(H,22,25). The van der Waals surface area contributed by atoms with Crippen molar-refractivity contribution in [1.29, 1.82) is 0 Å². The number of benzene rings is 2. The molecular formula is C20H20N4O3. The number of carbonyl (C=O) groups is 2. The molecule has 2 aromatic carbocycles. The van der Waals surface area contributed by atoms with Gasteiger partial charge in [-0.3, -0.25) is 9.69 Å². The third-order valence-electron chi connectivity index (χ3n) is 4.01. The van der Waals surface area contributed by atoms with Crippen LogP contribution >= 0.6 is 0 Å². The Balaban J connectivity index is 1.60. The molecule has 1 N–H and O–H groups in total. The number of hydrogen-bond donors (Lipinski definition) is 1. The predicted molar refractivity (Wildman–Crippen MR) is 103 cm³/mol. The highest BCUT2D eigenvalue weighted by molar-refractivity contribution is 5.93. The fourth-order valence-electron chi connectivity index (χ4n) is 2.57. The van der Waals surface area contributed by atoms with E-state index in [1.54, 1.807) is 42.2 Å². The zero-order chi connectivity index (χ0) is 19.2. The molecule has 0 saturated heterocycles. The molecule has 0 saturated carbocycles. The Kier molecular flexibility index (Phi) is 5.51. The van der Waals surface area contributed by atoms with Crippen LogP contribution in [0.15, 0.2) is 67.0 Å². The van der Waals surface area contributed by atoms with Gasteiger partial charge in [-0.05, 0) is 42.0 Å². The Labute approximate surface area is 157 Å². The molecule has 0 atom stereocenters. The highest BCUT2D eigenvalue weighted by Crippen LogP contribution is 2.18. The molecule has 3 rings (SSSR count). The lowest BCUT2D eigenvalue weighted by atomic mass is 10.2. The summed E-state index contributed by atoms with van der Waals surface area (Å²) >= 11 is 0. The van der Waals surface area contributed by atoms with E-state index in [0.29, 0.717) is 11.4 Å². The van der Waals surface area contributed by atoms with Crippen LogP contribution in [-0.4, -0.2) is 35.9 Å². The third kappa shape index (κ3) is 4.52. The van der Waals surface area contributed by atoms with Gasteiger partial charge in [-0.1, -0.05) is 18.2 Å². The van der Waals surface area contributed by atoms with Crippen LogP contribution < -0.4 is 10.2 Å². The van der Waals surface area contributed by atoms with E-state index in [1.165, 1.54) is 12.0 Å². The van der Waals surface area contributed by atoms with E-state index in [1.807, 2.05) is 36.5 Å². The number of nitrogens with one attached hydrogen (secondary N) is 1. The molecule has 0 bridgehead atoms. The minimum absolute atomic E-state index is 0.142. The summed E-state index contributed by atoms with van der Waals surface area (Å²) in [6.07, 6.45) is 3.28. The first-order valence-corrected chi connectivity index (χ1v) is 8.37. The van der Waals surface area contributed by atoms with Gasteiger partial charge < -0.3 is 10.1 Å². The number of methoxy groups -OCH3 is 1. The average molecular weight is 364 g/mol. The minimum Gasteiger partial charge on any atom is -0.452 e. The molecule has 0 unspecified atom stereocenters. The fraction of sp³-hybridized carbons (Fsp3) is 0.150. The molecule has 3 aromatic rings. The predicted octanol–water partition coefficient (Wildman–Crippen LogP) is 3.26. The monoisotopic (exact) mass is 364 g/mol. The summed E-state index contributed by atoms with van der Waals surface area (Å²) in [4.78, 5) is 25.2. The molecule has 0 aliphatic rings. The number of ether oxygens (including phenoxy) is 1. The summed E-state index contributed by atoms with van der Waals surface area (Å²) < 4.78 is 6.41. The van der Waals surface area contributed by atoms with Crippen molar-refractivity contribution >= 4 is 23.4 Å². The van der Waals surface area contributed by atoms with E-state index < -0.39 is 6.09 Å². The minimum atomic E-state index is -0.456. The molecule has 1 aromatic heterocycles.